The Balaban J connectivity index is 2.75. The second-order valence-electron chi connectivity index (χ2n) is 2.12. The molecule has 0 aromatic rings. The molecule has 0 atom stereocenters. The maximum Gasteiger partial charge on any atom is 0.175 e. The summed E-state index contributed by atoms with van der Waals surface area (Å²) in [7, 11) is -0.338. The molecule has 0 aliphatic rings. The lowest BCUT2D eigenvalue weighted by molar-refractivity contribution is 0.254. The average molecular weight is 148 g/mol. The van der Waals surface area contributed by atoms with Gasteiger partial charge in [-0.3, -0.25) is 0 Å². The molecule has 0 saturated heterocycles. The van der Waals surface area contributed by atoms with E-state index in [4.69, 9.17) is 10.2 Å². The normalized spacial score (nSPS) is 12.0. The van der Waals surface area contributed by atoms with Crippen molar-refractivity contribution in [2.24, 2.45) is 5.73 Å². The SMILES string of the molecule is CC(C)O[SiH2]CNCN. The summed E-state index contributed by atoms with van der Waals surface area (Å²) in [5.41, 5.74) is 5.20. The zero-order valence-electron chi connectivity index (χ0n) is 6.18. The van der Waals surface area contributed by atoms with Crippen molar-refractivity contribution in [3.8, 4) is 0 Å². The van der Waals surface area contributed by atoms with Crippen LogP contribution in [0.4, 0.5) is 0 Å². The Labute approximate surface area is 58.9 Å². The number of rotatable bonds is 5. The van der Waals surface area contributed by atoms with Gasteiger partial charge < -0.3 is 15.5 Å². The first-order valence-corrected chi connectivity index (χ1v) is 4.87. The molecule has 0 aromatic heterocycles. The van der Waals surface area contributed by atoms with Gasteiger partial charge in [0.2, 0.25) is 0 Å². The highest BCUT2D eigenvalue weighted by atomic mass is 28.2. The highest BCUT2D eigenvalue weighted by Gasteiger charge is 1.90. The molecule has 3 nitrogen and oxygen atoms in total. The Morgan fingerprint density at radius 2 is 2.33 bits per heavy atom. The first-order chi connectivity index (χ1) is 4.27. The lowest BCUT2D eigenvalue weighted by Crippen LogP contribution is -2.28. The van der Waals surface area contributed by atoms with Crippen molar-refractivity contribution >= 4 is 9.76 Å². The summed E-state index contributed by atoms with van der Waals surface area (Å²) < 4.78 is 5.36. The van der Waals surface area contributed by atoms with E-state index in [-0.39, 0.29) is 9.76 Å². The number of nitrogens with two attached hydrogens (primary N) is 1. The third-order valence-corrected chi connectivity index (χ3v) is 2.33. The molecule has 0 unspecified atom stereocenters. The number of nitrogens with one attached hydrogen (secondary N) is 1. The second kappa shape index (κ2) is 6.22. The molecule has 0 bridgehead atoms. The zero-order chi connectivity index (χ0) is 7.11. The fourth-order valence-electron chi connectivity index (χ4n) is 0.469. The molecule has 3 N–H and O–H groups in total. The number of hydrogen-bond acceptors (Lipinski definition) is 3. The molecule has 0 aliphatic heterocycles. The second-order valence-corrected chi connectivity index (χ2v) is 3.37. The van der Waals surface area contributed by atoms with Gasteiger partial charge in [-0.15, -0.1) is 0 Å². The predicted octanol–water partition coefficient (Wildman–Crippen LogP) is -1.04. The molecule has 9 heavy (non-hydrogen) atoms. The van der Waals surface area contributed by atoms with E-state index in [9.17, 15) is 0 Å². The standard InChI is InChI=1S/C5H16N2OSi/c1-5(2)8-9-4-7-3-6/h5,7H,3-4,6,9H2,1-2H3. The lowest BCUT2D eigenvalue weighted by Gasteiger charge is -2.06. The van der Waals surface area contributed by atoms with Crippen LogP contribution in [0.3, 0.4) is 0 Å². The predicted molar refractivity (Wildman–Crippen MR) is 41.8 cm³/mol. The molecule has 0 radical (unpaired) electrons. The van der Waals surface area contributed by atoms with Crippen molar-refractivity contribution in [3.05, 3.63) is 0 Å². The van der Waals surface area contributed by atoms with E-state index in [0.717, 1.165) is 6.17 Å². The van der Waals surface area contributed by atoms with Crippen LogP contribution in [0.5, 0.6) is 0 Å². The molecule has 0 heterocycles. The monoisotopic (exact) mass is 148 g/mol. The van der Waals surface area contributed by atoms with Crippen LogP contribution in [-0.4, -0.2) is 28.7 Å². The first kappa shape index (κ1) is 9.10. The van der Waals surface area contributed by atoms with Crippen LogP contribution >= 0.6 is 0 Å². The van der Waals surface area contributed by atoms with Gasteiger partial charge in [0.15, 0.2) is 9.76 Å². The molecule has 0 spiro atoms. The van der Waals surface area contributed by atoms with Gasteiger partial charge in [-0.2, -0.15) is 0 Å². The molecular formula is C5H16N2OSi. The van der Waals surface area contributed by atoms with Crippen LogP contribution < -0.4 is 11.1 Å². The van der Waals surface area contributed by atoms with E-state index in [1.807, 2.05) is 0 Å². The fourth-order valence-corrected chi connectivity index (χ4v) is 1.41. The van der Waals surface area contributed by atoms with Crippen molar-refractivity contribution in [2.75, 3.05) is 12.8 Å². The van der Waals surface area contributed by atoms with E-state index in [1.54, 1.807) is 0 Å². The average Bonchev–Trinajstić information content (AvgIpc) is 1.80. The van der Waals surface area contributed by atoms with Crippen molar-refractivity contribution < 1.29 is 4.43 Å². The van der Waals surface area contributed by atoms with Crippen molar-refractivity contribution in [1.29, 1.82) is 0 Å². The van der Waals surface area contributed by atoms with Gasteiger partial charge in [-0.1, -0.05) is 0 Å². The van der Waals surface area contributed by atoms with Gasteiger partial charge in [0.25, 0.3) is 0 Å². The minimum Gasteiger partial charge on any atom is -0.420 e. The summed E-state index contributed by atoms with van der Waals surface area (Å²) in [5.74, 6) is 0. The minimum absolute atomic E-state index is 0.338. The molecule has 0 aromatic carbocycles. The maximum atomic E-state index is 5.36. The number of hydrogen-bond donors (Lipinski definition) is 2. The first-order valence-electron chi connectivity index (χ1n) is 3.29. The van der Waals surface area contributed by atoms with E-state index in [2.05, 4.69) is 19.2 Å². The van der Waals surface area contributed by atoms with Crippen molar-refractivity contribution in [1.82, 2.24) is 5.32 Å². The Morgan fingerprint density at radius 1 is 1.67 bits per heavy atom. The van der Waals surface area contributed by atoms with Crippen molar-refractivity contribution in [2.45, 2.75) is 20.0 Å². The summed E-state index contributed by atoms with van der Waals surface area (Å²) in [4.78, 5) is 0. The van der Waals surface area contributed by atoms with Gasteiger partial charge in [0.1, 0.15) is 0 Å². The van der Waals surface area contributed by atoms with Crippen LogP contribution in [0.25, 0.3) is 0 Å². The Bertz CT molecular complexity index is 60.9. The highest BCUT2D eigenvalue weighted by molar-refractivity contribution is 6.27. The molecule has 0 aliphatic carbocycles. The van der Waals surface area contributed by atoms with Gasteiger partial charge in [0.05, 0.1) is 0 Å². The minimum atomic E-state index is -0.338. The Kier molecular flexibility index (Phi) is 6.29. The summed E-state index contributed by atoms with van der Waals surface area (Å²) in [6.45, 7) is 4.67. The third-order valence-electron chi connectivity index (χ3n) is 0.874. The van der Waals surface area contributed by atoms with Crippen molar-refractivity contribution in [3.63, 3.8) is 0 Å². The van der Waals surface area contributed by atoms with Crippen LogP contribution in [0.1, 0.15) is 13.8 Å². The lowest BCUT2D eigenvalue weighted by atomic mass is 10.5. The molecule has 0 rings (SSSR count). The summed E-state index contributed by atoms with van der Waals surface area (Å²) in [5, 5.41) is 3.02. The van der Waals surface area contributed by atoms with Gasteiger partial charge in [-0.25, -0.2) is 0 Å². The molecular weight excluding hydrogens is 132 g/mol. The van der Waals surface area contributed by atoms with Crippen LogP contribution in [0.2, 0.25) is 0 Å². The molecule has 0 fully saturated rings. The van der Waals surface area contributed by atoms with Crippen LogP contribution in [0, 0.1) is 0 Å². The molecule has 0 saturated carbocycles. The molecule has 4 heteroatoms. The smallest absolute Gasteiger partial charge is 0.175 e. The van der Waals surface area contributed by atoms with E-state index >= 15 is 0 Å². The van der Waals surface area contributed by atoms with E-state index < -0.39 is 0 Å². The Hall–Kier alpha value is 0.0969. The van der Waals surface area contributed by atoms with Gasteiger partial charge in [0, 0.05) is 18.9 Å². The molecule has 0 amide bonds. The summed E-state index contributed by atoms with van der Waals surface area (Å²) in [6, 6.07) is 0. The topological polar surface area (TPSA) is 47.3 Å². The van der Waals surface area contributed by atoms with Gasteiger partial charge >= 0.3 is 0 Å². The molecule has 56 valence electrons. The van der Waals surface area contributed by atoms with E-state index in [0.29, 0.717) is 12.8 Å². The highest BCUT2D eigenvalue weighted by Crippen LogP contribution is 1.82. The zero-order valence-corrected chi connectivity index (χ0v) is 7.60. The summed E-state index contributed by atoms with van der Waals surface area (Å²) >= 11 is 0. The van der Waals surface area contributed by atoms with E-state index in [1.165, 1.54) is 0 Å². The fraction of sp³-hybridized carbons (Fsp3) is 1.00. The maximum absolute atomic E-state index is 5.36. The third kappa shape index (κ3) is 8.10. The van der Waals surface area contributed by atoms with Crippen LogP contribution in [0.15, 0.2) is 0 Å². The van der Waals surface area contributed by atoms with Gasteiger partial charge in [-0.05, 0) is 13.8 Å². The van der Waals surface area contributed by atoms with Crippen LogP contribution in [-0.2, 0) is 4.43 Å². The largest absolute Gasteiger partial charge is 0.420 e. The summed E-state index contributed by atoms with van der Waals surface area (Å²) in [6.07, 6.45) is 1.37. The Morgan fingerprint density at radius 3 is 2.78 bits per heavy atom. The quantitative estimate of drug-likeness (QED) is 0.297.